The lowest BCUT2D eigenvalue weighted by Gasteiger charge is -2.25. The van der Waals surface area contributed by atoms with Crippen LogP contribution in [0.15, 0.2) is 91.0 Å². The van der Waals surface area contributed by atoms with Crippen LogP contribution in [0.1, 0.15) is 0 Å². The summed E-state index contributed by atoms with van der Waals surface area (Å²) in [4.78, 5) is 0. The van der Waals surface area contributed by atoms with Gasteiger partial charge >= 0.3 is 0 Å². The predicted molar refractivity (Wildman–Crippen MR) is 106 cm³/mol. The minimum absolute atomic E-state index is 1.33. The summed E-state index contributed by atoms with van der Waals surface area (Å²) in [6, 6.07) is 33.6. The Kier molecular flexibility index (Phi) is 2.82. The van der Waals surface area contributed by atoms with E-state index in [1.165, 1.54) is 27.1 Å². The highest BCUT2D eigenvalue weighted by Crippen LogP contribution is 2.33. The van der Waals surface area contributed by atoms with Crippen LogP contribution in [0.3, 0.4) is 0 Å². The smallest absolute Gasteiger partial charge is 0.0624 e. The number of rotatable bonds is 1. The lowest BCUT2D eigenvalue weighted by atomic mass is 9.98. The molecule has 4 aromatic rings. The van der Waals surface area contributed by atoms with Gasteiger partial charge in [-0.15, -0.1) is 0 Å². The second kappa shape index (κ2) is 4.92. The van der Waals surface area contributed by atoms with E-state index in [-0.39, 0.29) is 0 Å². The summed E-state index contributed by atoms with van der Waals surface area (Å²) in [5, 5.41) is 7.30. The third-order valence-corrected chi connectivity index (χ3v) is 10.0. The van der Waals surface area contributed by atoms with Crippen molar-refractivity contribution in [1.82, 2.24) is 0 Å². The predicted octanol–water partition coefficient (Wildman–Crippen LogP) is 3.92. The monoisotopic (exact) mass is 322 g/mol. The molecule has 5 rings (SSSR count). The van der Waals surface area contributed by atoms with E-state index in [0.717, 1.165) is 0 Å². The summed E-state index contributed by atoms with van der Waals surface area (Å²) in [5.74, 6) is 0. The molecule has 1 unspecified atom stereocenters. The topological polar surface area (TPSA) is 0 Å². The molecule has 24 heavy (non-hydrogen) atoms. The van der Waals surface area contributed by atoms with Gasteiger partial charge in [0.15, 0.2) is 0 Å². The second-order valence-electron chi connectivity index (χ2n) is 6.75. The molecule has 1 aliphatic heterocycles. The van der Waals surface area contributed by atoms with Crippen molar-refractivity contribution in [2.24, 2.45) is 0 Å². The fourth-order valence-electron chi connectivity index (χ4n) is 4.34. The molecule has 0 fully saturated rings. The standard InChI is InChI=1S/C23H18Si/c1-24(18-10-3-2-4-11-18)21-14-8-7-13-20(21)23-19-12-6-5-9-17(19)15-16-22(23)24/h2-16H,1H3. The Bertz CT molecular complexity index is 1070. The summed E-state index contributed by atoms with van der Waals surface area (Å²) in [7, 11) is -1.92. The second-order valence-corrected chi connectivity index (χ2v) is 10.7. The fraction of sp³-hybridized carbons (Fsp3) is 0.0435. The summed E-state index contributed by atoms with van der Waals surface area (Å²) < 4.78 is 0. The van der Waals surface area contributed by atoms with Gasteiger partial charge in [0.25, 0.3) is 0 Å². The van der Waals surface area contributed by atoms with E-state index in [0.29, 0.717) is 0 Å². The van der Waals surface area contributed by atoms with Crippen LogP contribution in [0.5, 0.6) is 0 Å². The molecule has 0 bridgehead atoms. The summed E-state index contributed by atoms with van der Waals surface area (Å²) in [5.41, 5.74) is 2.89. The normalized spacial score (nSPS) is 18.4. The Labute approximate surface area is 143 Å². The lowest BCUT2D eigenvalue weighted by Crippen LogP contribution is -2.62. The van der Waals surface area contributed by atoms with Crippen LogP contribution in [0.25, 0.3) is 21.9 Å². The molecule has 0 saturated heterocycles. The zero-order chi connectivity index (χ0) is 16.1. The van der Waals surface area contributed by atoms with E-state index in [2.05, 4.69) is 97.5 Å². The first-order chi connectivity index (χ1) is 11.8. The number of fused-ring (bicyclic) bond motifs is 5. The van der Waals surface area contributed by atoms with Crippen LogP contribution in [0.2, 0.25) is 6.55 Å². The molecule has 0 nitrogen and oxygen atoms in total. The average Bonchev–Trinajstić information content (AvgIpc) is 2.93. The van der Waals surface area contributed by atoms with Gasteiger partial charge < -0.3 is 0 Å². The molecule has 1 heteroatoms. The van der Waals surface area contributed by atoms with Crippen LogP contribution in [0, 0.1) is 0 Å². The highest BCUT2D eigenvalue weighted by molar-refractivity contribution is 7.13. The van der Waals surface area contributed by atoms with Crippen LogP contribution in [-0.2, 0) is 0 Å². The minimum Gasteiger partial charge on any atom is -0.0624 e. The molecule has 0 N–H and O–H groups in total. The Morgan fingerprint density at radius 1 is 0.583 bits per heavy atom. The first kappa shape index (κ1) is 13.8. The molecule has 0 saturated carbocycles. The third kappa shape index (κ3) is 1.68. The summed E-state index contributed by atoms with van der Waals surface area (Å²) in [6.07, 6.45) is 0. The summed E-state index contributed by atoms with van der Waals surface area (Å²) in [6.45, 7) is 2.50. The van der Waals surface area contributed by atoms with Crippen LogP contribution < -0.4 is 15.6 Å². The molecular formula is C23H18Si. The Morgan fingerprint density at radius 2 is 1.29 bits per heavy atom. The lowest BCUT2D eigenvalue weighted by molar-refractivity contribution is 1.72. The molecule has 1 atom stereocenters. The van der Waals surface area contributed by atoms with Crippen molar-refractivity contribution in [3.8, 4) is 11.1 Å². The number of hydrogen-bond donors (Lipinski definition) is 0. The van der Waals surface area contributed by atoms with Gasteiger partial charge in [-0.25, -0.2) is 0 Å². The van der Waals surface area contributed by atoms with E-state index < -0.39 is 8.07 Å². The van der Waals surface area contributed by atoms with Crippen LogP contribution in [-0.4, -0.2) is 8.07 Å². The average molecular weight is 322 g/mol. The van der Waals surface area contributed by atoms with E-state index in [4.69, 9.17) is 0 Å². The van der Waals surface area contributed by atoms with Crippen molar-refractivity contribution in [3.63, 3.8) is 0 Å². The molecule has 4 aromatic carbocycles. The fourth-order valence-corrected chi connectivity index (χ4v) is 8.48. The van der Waals surface area contributed by atoms with Gasteiger partial charge in [0, 0.05) is 0 Å². The molecule has 0 aliphatic carbocycles. The highest BCUT2D eigenvalue weighted by Gasteiger charge is 2.43. The maximum atomic E-state index is 2.50. The Balaban J connectivity index is 1.95. The Morgan fingerprint density at radius 3 is 2.17 bits per heavy atom. The zero-order valence-corrected chi connectivity index (χ0v) is 14.7. The van der Waals surface area contributed by atoms with Crippen molar-refractivity contribution in [3.05, 3.63) is 91.0 Å². The molecule has 114 valence electrons. The van der Waals surface area contributed by atoms with Crippen molar-refractivity contribution < 1.29 is 0 Å². The van der Waals surface area contributed by atoms with Gasteiger partial charge in [-0.2, -0.15) is 0 Å². The SMILES string of the molecule is C[Si]1(c2ccccc2)c2ccccc2-c2c1ccc1ccccc21. The molecule has 0 radical (unpaired) electrons. The number of hydrogen-bond acceptors (Lipinski definition) is 0. The first-order valence-electron chi connectivity index (χ1n) is 8.48. The maximum Gasteiger partial charge on any atom is 0.147 e. The van der Waals surface area contributed by atoms with E-state index >= 15 is 0 Å². The highest BCUT2D eigenvalue weighted by atomic mass is 28.3. The van der Waals surface area contributed by atoms with Crippen molar-refractivity contribution in [2.45, 2.75) is 6.55 Å². The van der Waals surface area contributed by atoms with Gasteiger partial charge in [0.2, 0.25) is 0 Å². The minimum atomic E-state index is -1.92. The molecule has 1 aliphatic rings. The molecule has 0 spiro atoms. The largest absolute Gasteiger partial charge is 0.147 e. The quantitative estimate of drug-likeness (QED) is 0.466. The van der Waals surface area contributed by atoms with Gasteiger partial charge in [-0.1, -0.05) is 97.5 Å². The molecular weight excluding hydrogens is 304 g/mol. The zero-order valence-electron chi connectivity index (χ0n) is 13.7. The molecule has 0 aromatic heterocycles. The summed E-state index contributed by atoms with van der Waals surface area (Å²) >= 11 is 0. The van der Waals surface area contributed by atoms with Gasteiger partial charge in [0.05, 0.1) is 0 Å². The first-order valence-corrected chi connectivity index (χ1v) is 11.0. The van der Waals surface area contributed by atoms with Crippen molar-refractivity contribution >= 4 is 34.4 Å². The van der Waals surface area contributed by atoms with Crippen molar-refractivity contribution in [1.29, 1.82) is 0 Å². The molecule has 1 heterocycles. The maximum absolute atomic E-state index is 2.50. The third-order valence-electron chi connectivity index (χ3n) is 5.55. The van der Waals surface area contributed by atoms with Crippen LogP contribution >= 0.6 is 0 Å². The van der Waals surface area contributed by atoms with Gasteiger partial charge in [-0.3, -0.25) is 0 Å². The van der Waals surface area contributed by atoms with Gasteiger partial charge in [-0.05, 0) is 37.5 Å². The van der Waals surface area contributed by atoms with Crippen LogP contribution in [0.4, 0.5) is 0 Å². The van der Waals surface area contributed by atoms with E-state index in [1.54, 1.807) is 10.4 Å². The van der Waals surface area contributed by atoms with E-state index in [9.17, 15) is 0 Å². The Hall–Kier alpha value is -2.64. The van der Waals surface area contributed by atoms with Gasteiger partial charge in [0.1, 0.15) is 8.07 Å². The molecule has 0 amide bonds. The number of benzene rings is 4. The van der Waals surface area contributed by atoms with E-state index in [1.807, 2.05) is 0 Å². The van der Waals surface area contributed by atoms with Crippen molar-refractivity contribution in [2.75, 3.05) is 0 Å².